The molecule has 3 heterocycles. The Labute approximate surface area is 185 Å². The van der Waals surface area contributed by atoms with Gasteiger partial charge in [0, 0.05) is 25.1 Å². The van der Waals surface area contributed by atoms with Crippen molar-refractivity contribution in [3.05, 3.63) is 34.9 Å². The van der Waals surface area contributed by atoms with E-state index in [4.69, 9.17) is 0 Å². The lowest BCUT2D eigenvalue weighted by atomic mass is 10.0. The van der Waals surface area contributed by atoms with E-state index in [1.807, 2.05) is 0 Å². The molecule has 4 rings (SSSR count). The molecule has 1 unspecified atom stereocenters. The molecule has 166 valence electrons. The van der Waals surface area contributed by atoms with Crippen molar-refractivity contribution in [3.8, 4) is 11.8 Å². The van der Waals surface area contributed by atoms with Gasteiger partial charge in [0.2, 0.25) is 11.8 Å². The Morgan fingerprint density at radius 2 is 1.75 bits per heavy atom. The van der Waals surface area contributed by atoms with Crippen LogP contribution in [-0.4, -0.2) is 65.1 Å². The second-order valence-electron chi connectivity index (χ2n) is 8.07. The summed E-state index contributed by atoms with van der Waals surface area (Å²) in [5, 5.41) is 4.96. The fraction of sp³-hybridized carbons (Fsp3) is 0.435. The molecule has 1 aromatic carbocycles. The molecule has 6 amide bonds. The molecule has 0 spiro atoms. The quantitative estimate of drug-likeness (QED) is 0.531. The van der Waals surface area contributed by atoms with Crippen LogP contribution in [0, 0.1) is 11.8 Å². The minimum atomic E-state index is -0.996. The summed E-state index contributed by atoms with van der Waals surface area (Å²) >= 11 is 0. The van der Waals surface area contributed by atoms with Crippen LogP contribution in [-0.2, 0) is 9.59 Å². The third-order valence-corrected chi connectivity index (χ3v) is 5.89. The molecule has 0 aromatic heterocycles. The summed E-state index contributed by atoms with van der Waals surface area (Å²) < 4.78 is 0. The molecule has 1 aromatic rings. The van der Waals surface area contributed by atoms with Crippen LogP contribution >= 0.6 is 0 Å². The summed E-state index contributed by atoms with van der Waals surface area (Å²) in [5.74, 6) is 3.59. The smallest absolute Gasteiger partial charge is 0.318 e. The molecule has 9 nitrogen and oxygen atoms in total. The lowest BCUT2D eigenvalue weighted by Gasteiger charge is -2.27. The van der Waals surface area contributed by atoms with Gasteiger partial charge in [0.1, 0.15) is 6.04 Å². The number of hydrogen-bond acceptors (Lipinski definition) is 5. The number of amides is 6. The highest BCUT2D eigenvalue weighted by Crippen LogP contribution is 2.28. The highest BCUT2D eigenvalue weighted by Gasteiger charge is 2.44. The van der Waals surface area contributed by atoms with Gasteiger partial charge in [0.25, 0.3) is 11.8 Å². The first-order valence-corrected chi connectivity index (χ1v) is 10.8. The van der Waals surface area contributed by atoms with Crippen molar-refractivity contribution in [2.75, 3.05) is 19.6 Å². The molecule has 2 saturated heterocycles. The first kappa shape index (κ1) is 21.6. The van der Waals surface area contributed by atoms with Crippen LogP contribution in [0.25, 0.3) is 0 Å². The number of benzene rings is 1. The average Bonchev–Trinajstić information content (AvgIpc) is 2.96. The second kappa shape index (κ2) is 9.22. The molecule has 0 bridgehead atoms. The van der Waals surface area contributed by atoms with Crippen LogP contribution in [0.1, 0.15) is 64.8 Å². The van der Waals surface area contributed by atoms with E-state index in [1.165, 1.54) is 12.1 Å². The van der Waals surface area contributed by atoms with E-state index >= 15 is 0 Å². The molecule has 9 heteroatoms. The number of likely N-dealkylation sites (tertiary alicyclic amines) is 1. The molecule has 0 radical (unpaired) electrons. The zero-order valence-electron chi connectivity index (χ0n) is 17.6. The van der Waals surface area contributed by atoms with Crippen LogP contribution in [0.15, 0.2) is 18.2 Å². The Morgan fingerprint density at radius 1 is 1.03 bits per heavy atom. The Balaban J connectivity index is 1.40. The number of piperidine rings is 1. The van der Waals surface area contributed by atoms with Gasteiger partial charge in [-0.2, -0.15) is 0 Å². The summed E-state index contributed by atoms with van der Waals surface area (Å²) in [6.45, 7) is 1.68. The standard InChI is InChI=1S/C23H24N4O5/c28-19-10-9-18(20(29)25-19)27-21(30)16-8-7-15(14-17(16)22(27)31)6-5-11-24-23(32)26-12-3-1-2-4-13-26/h7-8,14,18H,1-4,9-13H2,(H,24,32)(H,25,28,29). The monoisotopic (exact) mass is 436 g/mol. The predicted molar refractivity (Wildman–Crippen MR) is 113 cm³/mol. The molecule has 0 aliphatic carbocycles. The van der Waals surface area contributed by atoms with Crippen molar-refractivity contribution in [3.63, 3.8) is 0 Å². The fourth-order valence-corrected chi connectivity index (χ4v) is 4.20. The first-order chi connectivity index (χ1) is 15.5. The number of carbonyl (C=O) groups excluding carboxylic acids is 5. The highest BCUT2D eigenvalue weighted by atomic mass is 16.2. The third-order valence-electron chi connectivity index (χ3n) is 5.89. The molecule has 32 heavy (non-hydrogen) atoms. The molecule has 1 atom stereocenters. The topological polar surface area (TPSA) is 116 Å². The number of carbonyl (C=O) groups is 5. The van der Waals surface area contributed by atoms with Crippen molar-refractivity contribution in [1.29, 1.82) is 0 Å². The summed E-state index contributed by atoms with van der Waals surface area (Å²) in [5.41, 5.74) is 0.916. The van der Waals surface area contributed by atoms with Gasteiger partial charge in [-0.1, -0.05) is 24.7 Å². The first-order valence-electron chi connectivity index (χ1n) is 10.8. The van der Waals surface area contributed by atoms with Gasteiger partial charge in [-0.05, 0) is 37.5 Å². The van der Waals surface area contributed by atoms with Crippen molar-refractivity contribution < 1.29 is 24.0 Å². The van der Waals surface area contributed by atoms with Gasteiger partial charge < -0.3 is 10.2 Å². The van der Waals surface area contributed by atoms with Crippen LogP contribution in [0.4, 0.5) is 4.79 Å². The zero-order valence-corrected chi connectivity index (χ0v) is 17.6. The maximum Gasteiger partial charge on any atom is 0.318 e. The Bertz CT molecular complexity index is 1050. The number of nitrogens with one attached hydrogen (secondary N) is 2. The Hall–Kier alpha value is -3.67. The zero-order chi connectivity index (χ0) is 22.7. The van der Waals surface area contributed by atoms with E-state index < -0.39 is 29.7 Å². The van der Waals surface area contributed by atoms with E-state index in [0.29, 0.717) is 5.56 Å². The van der Waals surface area contributed by atoms with Gasteiger partial charge in [-0.15, -0.1) is 0 Å². The molecule has 2 fully saturated rings. The Kier molecular flexibility index (Phi) is 6.21. The SMILES string of the molecule is O=C1CCC(N2C(=O)c3ccc(C#CCNC(=O)N4CCCCCC4)cc3C2=O)C(=O)N1. The van der Waals surface area contributed by atoms with Crippen LogP contribution in [0.2, 0.25) is 0 Å². The molecule has 2 N–H and O–H groups in total. The number of hydrogen-bond donors (Lipinski definition) is 2. The largest absolute Gasteiger partial charge is 0.327 e. The highest BCUT2D eigenvalue weighted by molar-refractivity contribution is 6.23. The van der Waals surface area contributed by atoms with E-state index in [1.54, 1.807) is 11.0 Å². The average molecular weight is 436 g/mol. The van der Waals surface area contributed by atoms with Crippen molar-refractivity contribution in [1.82, 2.24) is 20.4 Å². The van der Waals surface area contributed by atoms with Crippen LogP contribution in [0.5, 0.6) is 0 Å². The maximum absolute atomic E-state index is 12.8. The summed E-state index contributed by atoms with van der Waals surface area (Å²) in [6, 6.07) is 3.54. The number of fused-ring (bicyclic) bond motifs is 1. The van der Waals surface area contributed by atoms with Crippen molar-refractivity contribution in [2.45, 2.75) is 44.6 Å². The van der Waals surface area contributed by atoms with Gasteiger partial charge in [0.05, 0.1) is 17.7 Å². The van der Waals surface area contributed by atoms with Gasteiger partial charge in [-0.3, -0.25) is 29.4 Å². The summed E-state index contributed by atoms with van der Waals surface area (Å²) in [6.07, 6.45) is 4.49. The van der Waals surface area contributed by atoms with Crippen LogP contribution in [0.3, 0.4) is 0 Å². The van der Waals surface area contributed by atoms with Gasteiger partial charge >= 0.3 is 6.03 Å². The van der Waals surface area contributed by atoms with Gasteiger partial charge in [0.15, 0.2) is 0 Å². The summed E-state index contributed by atoms with van der Waals surface area (Å²) in [7, 11) is 0. The predicted octanol–water partition coefficient (Wildman–Crippen LogP) is 1.02. The lowest BCUT2D eigenvalue weighted by Crippen LogP contribution is -2.54. The second-order valence-corrected chi connectivity index (χ2v) is 8.07. The number of rotatable bonds is 2. The molecule has 3 aliphatic heterocycles. The van der Waals surface area contributed by atoms with Crippen molar-refractivity contribution in [2.24, 2.45) is 0 Å². The minimum absolute atomic E-state index is 0.0731. The minimum Gasteiger partial charge on any atom is -0.327 e. The fourth-order valence-electron chi connectivity index (χ4n) is 4.20. The molecular weight excluding hydrogens is 412 g/mol. The Morgan fingerprint density at radius 3 is 2.47 bits per heavy atom. The van der Waals surface area contributed by atoms with Crippen LogP contribution < -0.4 is 10.6 Å². The van der Waals surface area contributed by atoms with Gasteiger partial charge in [-0.25, -0.2) is 4.79 Å². The van der Waals surface area contributed by atoms with E-state index in [0.717, 1.165) is 43.7 Å². The third kappa shape index (κ3) is 4.35. The molecule has 0 saturated carbocycles. The normalized spacial score (nSPS) is 20.8. The molecular formula is C23H24N4O5. The van der Waals surface area contributed by atoms with E-state index in [2.05, 4.69) is 22.5 Å². The number of nitrogens with zero attached hydrogens (tertiary/aromatic N) is 2. The molecule has 3 aliphatic rings. The number of urea groups is 1. The number of imide groups is 2. The summed E-state index contributed by atoms with van der Waals surface area (Å²) in [4.78, 5) is 64.0. The lowest BCUT2D eigenvalue weighted by molar-refractivity contribution is -0.136. The maximum atomic E-state index is 12.8. The van der Waals surface area contributed by atoms with E-state index in [-0.39, 0.29) is 36.5 Å². The van der Waals surface area contributed by atoms with E-state index in [9.17, 15) is 24.0 Å². The van der Waals surface area contributed by atoms with Crippen molar-refractivity contribution >= 4 is 29.7 Å².